The minimum Gasteiger partial charge on any atom is -0.342 e. The van der Waals surface area contributed by atoms with Gasteiger partial charge in [-0.25, -0.2) is 0 Å². The average Bonchev–Trinajstić information content (AvgIpc) is 2.39. The van der Waals surface area contributed by atoms with Crippen molar-refractivity contribution >= 4 is 11.8 Å². The summed E-state index contributed by atoms with van der Waals surface area (Å²) in [6.07, 6.45) is 1.21. The van der Waals surface area contributed by atoms with Gasteiger partial charge in [-0.1, -0.05) is 29.8 Å². The maximum atomic E-state index is 12.1. The molecule has 1 aliphatic rings. The van der Waals surface area contributed by atoms with E-state index in [0.717, 1.165) is 6.42 Å². The number of nitrogens with zero attached hydrogens (tertiary/aromatic N) is 2. The smallest absolute Gasteiger partial charge is 0.241 e. The van der Waals surface area contributed by atoms with E-state index in [1.165, 1.54) is 11.1 Å². The molecule has 0 aliphatic carbocycles. The molecule has 0 saturated carbocycles. The number of hydrogen-bond donors (Lipinski definition) is 0. The third kappa shape index (κ3) is 3.56. The van der Waals surface area contributed by atoms with Crippen LogP contribution in [0.25, 0.3) is 0 Å². The lowest BCUT2D eigenvalue weighted by molar-refractivity contribution is -0.144. The van der Waals surface area contributed by atoms with Crippen LogP contribution in [0.4, 0.5) is 0 Å². The summed E-state index contributed by atoms with van der Waals surface area (Å²) in [5.41, 5.74) is 2.38. The molecule has 0 bridgehead atoms. The van der Waals surface area contributed by atoms with E-state index in [9.17, 15) is 9.59 Å². The molecule has 0 atom stereocenters. The van der Waals surface area contributed by atoms with E-state index in [-0.39, 0.29) is 18.4 Å². The normalized spacial score (nSPS) is 15.8. The second-order valence-electron chi connectivity index (χ2n) is 5.12. The Labute approximate surface area is 114 Å². The summed E-state index contributed by atoms with van der Waals surface area (Å²) in [6.45, 7) is 3.55. The van der Waals surface area contributed by atoms with Crippen molar-refractivity contribution in [3.05, 3.63) is 35.4 Å². The fourth-order valence-electron chi connectivity index (χ4n) is 2.25. The van der Waals surface area contributed by atoms with Gasteiger partial charge in [0, 0.05) is 26.6 Å². The van der Waals surface area contributed by atoms with Gasteiger partial charge in [0.15, 0.2) is 0 Å². The van der Waals surface area contributed by atoms with Gasteiger partial charge in [0.2, 0.25) is 11.8 Å². The van der Waals surface area contributed by atoms with Crippen LogP contribution in [-0.2, 0) is 16.0 Å². The zero-order chi connectivity index (χ0) is 13.8. The van der Waals surface area contributed by atoms with E-state index < -0.39 is 0 Å². The highest BCUT2D eigenvalue weighted by atomic mass is 16.2. The summed E-state index contributed by atoms with van der Waals surface area (Å²) < 4.78 is 0. The van der Waals surface area contributed by atoms with Crippen LogP contribution in [-0.4, -0.2) is 48.3 Å². The monoisotopic (exact) mass is 260 g/mol. The van der Waals surface area contributed by atoms with Crippen LogP contribution in [0, 0.1) is 6.92 Å². The van der Waals surface area contributed by atoms with Crippen LogP contribution in [0.1, 0.15) is 17.5 Å². The summed E-state index contributed by atoms with van der Waals surface area (Å²) in [4.78, 5) is 27.0. The lowest BCUT2D eigenvalue weighted by atomic mass is 10.1. The topological polar surface area (TPSA) is 40.6 Å². The number of benzene rings is 1. The third-order valence-corrected chi connectivity index (χ3v) is 3.52. The summed E-state index contributed by atoms with van der Waals surface area (Å²) in [7, 11) is 1.77. The van der Waals surface area contributed by atoms with Gasteiger partial charge in [0.05, 0.1) is 6.54 Å². The van der Waals surface area contributed by atoms with Crippen LogP contribution in [0.3, 0.4) is 0 Å². The van der Waals surface area contributed by atoms with E-state index in [2.05, 4.69) is 6.07 Å². The van der Waals surface area contributed by atoms with Gasteiger partial charge in [-0.3, -0.25) is 9.59 Å². The van der Waals surface area contributed by atoms with Gasteiger partial charge in [0.1, 0.15) is 0 Å². The molecule has 2 amide bonds. The van der Waals surface area contributed by atoms with Crippen molar-refractivity contribution in [2.24, 2.45) is 0 Å². The second kappa shape index (κ2) is 5.87. The Morgan fingerprint density at radius 2 is 2.11 bits per heavy atom. The van der Waals surface area contributed by atoms with Gasteiger partial charge in [-0.2, -0.15) is 0 Å². The molecule has 2 rings (SSSR count). The van der Waals surface area contributed by atoms with Gasteiger partial charge in [-0.05, 0) is 18.9 Å². The first kappa shape index (κ1) is 13.6. The molecule has 4 heteroatoms. The second-order valence-corrected chi connectivity index (χ2v) is 5.12. The van der Waals surface area contributed by atoms with Crippen LogP contribution in [0.15, 0.2) is 24.3 Å². The van der Waals surface area contributed by atoms with E-state index >= 15 is 0 Å². The molecule has 4 nitrogen and oxygen atoms in total. The zero-order valence-electron chi connectivity index (χ0n) is 11.6. The highest BCUT2D eigenvalue weighted by molar-refractivity contribution is 5.85. The Morgan fingerprint density at radius 1 is 1.32 bits per heavy atom. The van der Waals surface area contributed by atoms with Crippen LogP contribution in [0.5, 0.6) is 0 Å². The summed E-state index contributed by atoms with van der Waals surface area (Å²) in [5, 5.41) is 0. The molecular formula is C15H20N2O2. The van der Waals surface area contributed by atoms with Gasteiger partial charge in [-0.15, -0.1) is 0 Å². The molecule has 102 valence electrons. The molecule has 0 spiro atoms. The Balaban J connectivity index is 1.86. The lowest BCUT2D eigenvalue weighted by Crippen LogP contribution is -2.50. The number of piperazine rings is 1. The predicted molar refractivity (Wildman–Crippen MR) is 73.7 cm³/mol. The number of likely N-dealkylation sites (N-methyl/N-ethyl adjacent to an activating group) is 1. The van der Waals surface area contributed by atoms with E-state index in [1.807, 2.05) is 25.1 Å². The van der Waals surface area contributed by atoms with E-state index in [1.54, 1.807) is 16.8 Å². The summed E-state index contributed by atoms with van der Waals surface area (Å²) in [6, 6.07) is 8.19. The van der Waals surface area contributed by atoms with Gasteiger partial charge >= 0.3 is 0 Å². The van der Waals surface area contributed by atoms with Gasteiger partial charge in [0.25, 0.3) is 0 Å². The fraction of sp³-hybridized carbons (Fsp3) is 0.467. The molecule has 1 heterocycles. The Hall–Kier alpha value is -1.84. The van der Waals surface area contributed by atoms with Crippen molar-refractivity contribution in [1.82, 2.24) is 9.80 Å². The van der Waals surface area contributed by atoms with Crippen LogP contribution < -0.4 is 0 Å². The predicted octanol–water partition coefficient (Wildman–Crippen LogP) is 1.23. The quantitative estimate of drug-likeness (QED) is 0.820. The number of carbonyl (C=O) groups is 2. The van der Waals surface area contributed by atoms with E-state index in [4.69, 9.17) is 0 Å². The molecule has 1 saturated heterocycles. The molecule has 0 unspecified atom stereocenters. The zero-order valence-corrected chi connectivity index (χ0v) is 11.6. The summed E-state index contributed by atoms with van der Waals surface area (Å²) >= 11 is 0. The number of hydrogen-bond acceptors (Lipinski definition) is 2. The van der Waals surface area contributed by atoms with Crippen molar-refractivity contribution in [3.8, 4) is 0 Å². The maximum absolute atomic E-state index is 12.1. The SMILES string of the molecule is Cc1cccc(CCC(=O)N2CCN(C)C(=O)C2)c1. The van der Waals surface area contributed by atoms with Crippen LogP contribution in [0.2, 0.25) is 0 Å². The first-order chi connectivity index (χ1) is 9.06. The molecule has 0 N–H and O–H groups in total. The van der Waals surface area contributed by atoms with Crippen molar-refractivity contribution in [2.45, 2.75) is 19.8 Å². The van der Waals surface area contributed by atoms with Gasteiger partial charge < -0.3 is 9.80 Å². The molecular weight excluding hydrogens is 240 g/mol. The molecule has 1 fully saturated rings. The fourth-order valence-corrected chi connectivity index (χ4v) is 2.25. The highest BCUT2D eigenvalue weighted by Crippen LogP contribution is 2.09. The number of aryl methyl sites for hydroxylation is 2. The van der Waals surface area contributed by atoms with Crippen molar-refractivity contribution in [2.75, 3.05) is 26.7 Å². The summed E-state index contributed by atoms with van der Waals surface area (Å²) in [5.74, 6) is 0.0955. The standard InChI is InChI=1S/C15H20N2O2/c1-12-4-3-5-13(10-12)6-7-14(18)17-9-8-16(2)15(19)11-17/h3-5,10H,6-9,11H2,1-2H3. The largest absolute Gasteiger partial charge is 0.342 e. The molecule has 0 radical (unpaired) electrons. The Bertz CT molecular complexity index is 485. The Morgan fingerprint density at radius 3 is 2.79 bits per heavy atom. The number of carbonyl (C=O) groups excluding carboxylic acids is 2. The average molecular weight is 260 g/mol. The first-order valence-corrected chi connectivity index (χ1v) is 6.63. The highest BCUT2D eigenvalue weighted by Gasteiger charge is 2.24. The van der Waals surface area contributed by atoms with Crippen molar-refractivity contribution in [3.63, 3.8) is 0 Å². The Kier molecular flexibility index (Phi) is 4.20. The first-order valence-electron chi connectivity index (χ1n) is 6.63. The third-order valence-electron chi connectivity index (χ3n) is 3.52. The molecule has 19 heavy (non-hydrogen) atoms. The molecule has 1 aromatic rings. The van der Waals surface area contributed by atoms with Crippen LogP contribution >= 0.6 is 0 Å². The minimum atomic E-state index is 0.0233. The maximum Gasteiger partial charge on any atom is 0.241 e. The molecule has 1 aromatic carbocycles. The molecule has 0 aromatic heterocycles. The lowest BCUT2D eigenvalue weighted by Gasteiger charge is -2.32. The number of amides is 2. The number of rotatable bonds is 3. The minimum absolute atomic E-state index is 0.0233. The van der Waals surface area contributed by atoms with Crippen molar-refractivity contribution < 1.29 is 9.59 Å². The van der Waals surface area contributed by atoms with E-state index in [0.29, 0.717) is 19.5 Å². The van der Waals surface area contributed by atoms with Crippen molar-refractivity contribution in [1.29, 1.82) is 0 Å². The molecule has 1 aliphatic heterocycles.